The smallest absolute Gasteiger partial charge is 0.238 e. The summed E-state index contributed by atoms with van der Waals surface area (Å²) in [6.07, 6.45) is 1.08. The number of carbonyl (C=O) groups is 1. The van der Waals surface area contributed by atoms with Crippen molar-refractivity contribution in [3.05, 3.63) is 18.2 Å². The summed E-state index contributed by atoms with van der Waals surface area (Å²) in [4.78, 5) is 14.3. The van der Waals surface area contributed by atoms with E-state index in [9.17, 15) is 4.79 Å². The van der Waals surface area contributed by atoms with Gasteiger partial charge in [0.15, 0.2) is 0 Å². The van der Waals surface area contributed by atoms with Gasteiger partial charge >= 0.3 is 0 Å². The third-order valence-electron chi connectivity index (χ3n) is 3.36. The Balaban J connectivity index is 1.65. The van der Waals surface area contributed by atoms with E-state index in [4.69, 9.17) is 0 Å². The third kappa shape index (κ3) is 3.12. The number of anilines is 1. The summed E-state index contributed by atoms with van der Waals surface area (Å²) in [5, 5.41) is 6.27. The van der Waals surface area contributed by atoms with Gasteiger partial charge in [-0.2, -0.15) is 8.75 Å². The van der Waals surface area contributed by atoms with Crippen LogP contribution in [0.2, 0.25) is 0 Å². The van der Waals surface area contributed by atoms with Gasteiger partial charge in [-0.15, -0.1) is 0 Å². The highest BCUT2D eigenvalue weighted by Crippen LogP contribution is 2.20. The van der Waals surface area contributed by atoms with E-state index in [1.54, 1.807) is 0 Å². The van der Waals surface area contributed by atoms with Crippen molar-refractivity contribution in [3.8, 4) is 0 Å². The number of amides is 1. The summed E-state index contributed by atoms with van der Waals surface area (Å²) < 4.78 is 8.40. The van der Waals surface area contributed by atoms with Crippen LogP contribution in [0.4, 0.5) is 5.69 Å². The SMILES string of the molecule is O=C(CN1CCCNCC1)Nc1cccc2nsnc12. The Morgan fingerprint density at radius 2 is 2.30 bits per heavy atom. The zero-order chi connectivity index (χ0) is 13.8. The van der Waals surface area contributed by atoms with Crippen molar-refractivity contribution in [2.75, 3.05) is 38.0 Å². The molecule has 0 spiro atoms. The second-order valence-electron chi connectivity index (χ2n) is 4.87. The normalized spacial score (nSPS) is 17.0. The van der Waals surface area contributed by atoms with E-state index in [-0.39, 0.29) is 5.91 Å². The molecular formula is C13H17N5OS. The number of rotatable bonds is 3. The molecule has 3 rings (SSSR count). The lowest BCUT2D eigenvalue weighted by Crippen LogP contribution is -2.35. The van der Waals surface area contributed by atoms with E-state index in [1.807, 2.05) is 18.2 Å². The van der Waals surface area contributed by atoms with E-state index in [1.165, 1.54) is 0 Å². The molecule has 0 aliphatic carbocycles. The van der Waals surface area contributed by atoms with Crippen LogP contribution in [0.15, 0.2) is 18.2 Å². The van der Waals surface area contributed by atoms with E-state index >= 15 is 0 Å². The quantitative estimate of drug-likeness (QED) is 0.880. The number of nitrogens with zero attached hydrogens (tertiary/aromatic N) is 3. The zero-order valence-electron chi connectivity index (χ0n) is 11.1. The molecule has 0 atom stereocenters. The van der Waals surface area contributed by atoms with Crippen molar-refractivity contribution in [1.29, 1.82) is 0 Å². The summed E-state index contributed by atoms with van der Waals surface area (Å²) in [5.41, 5.74) is 2.34. The van der Waals surface area contributed by atoms with E-state index in [0.717, 1.165) is 61.0 Å². The van der Waals surface area contributed by atoms with Crippen LogP contribution in [0.3, 0.4) is 0 Å². The van der Waals surface area contributed by atoms with Crippen molar-refractivity contribution in [1.82, 2.24) is 19.0 Å². The minimum atomic E-state index is 0.00685. The van der Waals surface area contributed by atoms with Crippen LogP contribution >= 0.6 is 11.7 Å². The lowest BCUT2D eigenvalue weighted by molar-refractivity contribution is -0.117. The average Bonchev–Trinajstić information content (AvgIpc) is 2.78. The number of aromatic nitrogens is 2. The molecule has 6 nitrogen and oxygen atoms in total. The first kappa shape index (κ1) is 13.4. The minimum absolute atomic E-state index is 0.00685. The monoisotopic (exact) mass is 291 g/mol. The topological polar surface area (TPSA) is 70.2 Å². The lowest BCUT2D eigenvalue weighted by Gasteiger charge is -2.18. The van der Waals surface area contributed by atoms with Gasteiger partial charge in [0.2, 0.25) is 5.91 Å². The highest BCUT2D eigenvalue weighted by atomic mass is 32.1. The Morgan fingerprint density at radius 3 is 3.25 bits per heavy atom. The van der Waals surface area contributed by atoms with Crippen molar-refractivity contribution in [2.24, 2.45) is 0 Å². The van der Waals surface area contributed by atoms with Crippen LogP contribution in [0.25, 0.3) is 11.0 Å². The molecule has 1 aromatic heterocycles. The average molecular weight is 291 g/mol. The Kier molecular flexibility index (Phi) is 4.19. The third-order valence-corrected chi connectivity index (χ3v) is 3.90. The van der Waals surface area contributed by atoms with Gasteiger partial charge in [-0.05, 0) is 31.6 Å². The number of benzene rings is 1. The molecule has 1 aliphatic rings. The summed E-state index contributed by atoms with van der Waals surface area (Å²) in [7, 11) is 0. The maximum absolute atomic E-state index is 12.1. The molecule has 1 amide bonds. The van der Waals surface area contributed by atoms with Gasteiger partial charge in [-0.25, -0.2) is 0 Å². The summed E-state index contributed by atoms with van der Waals surface area (Å²) in [6.45, 7) is 4.27. The Bertz CT molecular complexity index is 591. The van der Waals surface area contributed by atoms with Crippen LogP contribution < -0.4 is 10.6 Å². The van der Waals surface area contributed by atoms with Crippen LogP contribution in [-0.2, 0) is 4.79 Å². The molecule has 0 radical (unpaired) electrons. The van der Waals surface area contributed by atoms with Gasteiger partial charge in [0, 0.05) is 13.1 Å². The van der Waals surface area contributed by atoms with Crippen molar-refractivity contribution >= 4 is 34.4 Å². The van der Waals surface area contributed by atoms with Gasteiger partial charge < -0.3 is 10.6 Å². The fourth-order valence-electron chi connectivity index (χ4n) is 2.36. The molecule has 2 heterocycles. The molecule has 1 saturated heterocycles. The first-order valence-electron chi connectivity index (χ1n) is 6.77. The van der Waals surface area contributed by atoms with Gasteiger partial charge in [0.05, 0.1) is 24.0 Å². The summed E-state index contributed by atoms with van der Waals surface area (Å²) >= 11 is 1.16. The Labute approximate surface area is 121 Å². The van der Waals surface area contributed by atoms with E-state index in [0.29, 0.717) is 6.54 Å². The molecule has 2 aromatic rings. The summed E-state index contributed by atoms with van der Waals surface area (Å²) in [6, 6.07) is 5.65. The van der Waals surface area contributed by atoms with Crippen molar-refractivity contribution < 1.29 is 4.79 Å². The molecular weight excluding hydrogens is 274 g/mol. The van der Waals surface area contributed by atoms with Crippen LogP contribution in [0.1, 0.15) is 6.42 Å². The van der Waals surface area contributed by atoms with Crippen LogP contribution in [0, 0.1) is 0 Å². The maximum Gasteiger partial charge on any atom is 0.238 e. The van der Waals surface area contributed by atoms with E-state index in [2.05, 4.69) is 24.3 Å². The predicted molar refractivity (Wildman–Crippen MR) is 80.0 cm³/mol. The fourth-order valence-corrected chi connectivity index (χ4v) is 2.91. The highest BCUT2D eigenvalue weighted by molar-refractivity contribution is 7.00. The molecule has 1 aromatic carbocycles. The second kappa shape index (κ2) is 6.25. The highest BCUT2D eigenvalue weighted by Gasteiger charge is 2.14. The van der Waals surface area contributed by atoms with Gasteiger partial charge in [0.25, 0.3) is 0 Å². The molecule has 20 heavy (non-hydrogen) atoms. The van der Waals surface area contributed by atoms with Gasteiger partial charge in [-0.3, -0.25) is 9.69 Å². The molecule has 2 N–H and O–H groups in total. The Morgan fingerprint density at radius 1 is 1.35 bits per heavy atom. The lowest BCUT2D eigenvalue weighted by atomic mass is 10.2. The number of nitrogens with one attached hydrogen (secondary N) is 2. The number of hydrogen-bond donors (Lipinski definition) is 2. The first-order valence-corrected chi connectivity index (χ1v) is 7.50. The number of hydrogen-bond acceptors (Lipinski definition) is 6. The second-order valence-corrected chi connectivity index (χ2v) is 5.39. The molecule has 0 saturated carbocycles. The minimum Gasteiger partial charge on any atom is -0.323 e. The fraction of sp³-hybridized carbons (Fsp3) is 0.462. The van der Waals surface area contributed by atoms with E-state index < -0.39 is 0 Å². The molecule has 7 heteroatoms. The van der Waals surface area contributed by atoms with Crippen molar-refractivity contribution in [2.45, 2.75) is 6.42 Å². The largest absolute Gasteiger partial charge is 0.323 e. The zero-order valence-corrected chi connectivity index (χ0v) is 11.9. The standard InChI is InChI=1S/C13H17N5OS/c19-12(9-18-7-2-5-14-6-8-18)15-10-3-1-4-11-13(10)17-20-16-11/h1,3-4,14H,2,5-9H2,(H,15,19). The maximum atomic E-state index is 12.1. The molecule has 106 valence electrons. The predicted octanol–water partition coefficient (Wildman–Crippen LogP) is 0.925. The van der Waals surface area contributed by atoms with Crippen LogP contribution in [-0.4, -0.2) is 52.3 Å². The van der Waals surface area contributed by atoms with Gasteiger partial charge in [0.1, 0.15) is 11.0 Å². The van der Waals surface area contributed by atoms with Crippen molar-refractivity contribution in [3.63, 3.8) is 0 Å². The molecule has 0 unspecified atom stereocenters. The van der Waals surface area contributed by atoms with Crippen LogP contribution in [0.5, 0.6) is 0 Å². The first-order chi connectivity index (χ1) is 9.83. The summed E-state index contributed by atoms with van der Waals surface area (Å²) in [5.74, 6) is 0.00685. The molecule has 1 aliphatic heterocycles. The molecule has 0 bridgehead atoms. The molecule has 1 fully saturated rings. The number of carbonyl (C=O) groups excluding carboxylic acids is 1. The Hall–Kier alpha value is -1.57. The van der Waals surface area contributed by atoms with Gasteiger partial charge in [-0.1, -0.05) is 6.07 Å². The number of fused-ring (bicyclic) bond motifs is 1.